The van der Waals surface area contributed by atoms with Gasteiger partial charge in [-0.3, -0.25) is 4.72 Å². The van der Waals surface area contributed by atoms with E-state index in [9.17, 15) is 8.42 Å². The van der Waals surface area contributed by atoms with E-state index < -0.39 is 10.0 Å². The monoisotopic (exact) mass is 281 g/mol. The first kappa shape index (κ1) is 13.4. The van der Waals surface area contributed by atoms with Crippen LogP contribution in [0.15, 0.2) is 41.8 Å². The number of ether oxygens (including phenoxy) is 1. The highest BCUT2D eigenvalue weighted by molar-refractivity contribution is 7.92. The number of aromatic amines is 1. The second-order valence-electron chi connectivity index (χ2n) is 3.90. The number of rotatable bonds is 6. The van der Waals surface area contributed by atoms with Gasteiger partial charge in [0.2, 0.25) is 0 Å². The van der Waals surface area contributed by atoms with Crippen LogP contribution in [0.3, 0.4) is 0 Å². The third kappa shape index (κ3) is 3.47. The zero-order chi connectivity index (χ0) is 13.7. The quantitative estimate of drug-likeness (QED) is 0.848. The number of imidazole rings is 1. The number of aromatic nitrogens is 2. The number of sulfonamides is 1. The van der Waals surface area contributed by atoms with E-state index in [0.29, 0.717) is 18.0 Å². The molecule has 1 aromatic heterocycles. The van der Waals surface area contributed by atoms with Gasteiger partial charge in [-0.05, 0) is 18.6 Å². The molecule has 0 saturated carbocycles. The van der Waals surface area contributed by atoms with Gasteiger partial charge in [0.05, 0.1) is 24.8 Å². The molecule has 1 aromatic carbocycles. The van der Waals surface area contributed by atoms with Crippen molar-refractivity contribution < 1.29 is 13.2 Å². The van der Waals surface area contributed by atoms with Crippen molar-refractivity contribution in [3.05, 3.63) is 36.8 Å². The minimum Gasteiger partial charge on any atom is -0.494 e. The summed E-state index contributed by atoms with van der Waals surface area (Å²) >= 11 is 0. The Labute approximate surface area is 111 Å². The van der Waals surface area contributed by atoms with Crippen LogP contribution < -0.4 is 9.46 Å². The number of hydrogen-bond donors (Lipinski definition) is 2. The van der Waals surface area contributed by atoms with Crippen LogP contribution in [-0.4, -0.2) is 25.0 Å². The van der Waals surface area contributed by atoms with Gasteiger partial charge < -0.3 is 9.72 Å². The molecule has 7 heteroatoms. The maximum atomic E-state index is 12.0. The van der Waals surface area contributed by atoms with E-state index in [1.54, 1.807) is 24.3 Å². The van der Waals surface area contributed by atoms with E-state index in [0.717, 1.165) is 6.42 Å². The molecule has 2 aromatic rings. The number of hydrogen-bond acceptors (Lipinski definition) is 4. The molecule has 6 nitrogen and oxygen atoms in total. The lowest BCUT2D eigenvalue weighted by atomic mass is 10.3. The van der Waals surface area contributed by atoms with Gasteiger partial charge in [0.25, 0.3) is 10.0 Å². The molecular weight excluding hydrogens is 266 g/mol. The zero-order valence-corrected chi connectivity index (χ0v) is 11.3. The summed E-state index contributed by atoms with van der Waals surface area (Å²) in [5, 5.41) is 0.0207. The lowest BCUT2D eigenvalue weighted by molar-refractivity contribution is 0.317. The minimum absolute atomic E-state index is 0.0207. The molecule has 0 aliphatic heterocycles. The van der Waals surface area contributed by atoms with Crippen molar-refractivity contribution in [3.8, 4) is 5.75 Å². The van der Waals surface area contributed by atoms with Crippen molar-refractivity contribution in [1.29, 1.82) is 0 Å². The van der Waals surface area contributed by atoms with Crippen molar-refractivity contribution in [2.45, 2.75) is 18.4 Å². The van der Waals surface area contributed by atoms with Crippen LogP contribution in [0.25, 0.3) is 0 Å². The normalized spacial score (nSPS) is 11.2. The maximum Gasteiger partial charge on any atom is 0.278 e. The van der Waals surface area contributed by atoms with E-state index in [1.807, 2.05) is 6.92 Å². The summed E-state index contributed by atoms with van der Waals surface area (Å²) in [7, 11) is -3.63. The molecule has 0 aliphatic carbocycles. The number of nitrogens with zero attached hydrogens (tertiary/aromatic N) is 1. The first-order valence-corrected chi connectivity index (χ1v) is 7.34. The highest BCUT2D eigenvalue weighted by Crippen LogP contribution is 2.20. The molecule has 0 amide bonds. The van der Waals surface area contributed by atoms with Crippen LogP contribution in [0.4, 0.5) is 5.69 Å². The third-order valence-corrected chi connectivity index (χ3v) is 3.63. The summed E-state index contributed by atoms with van der Waals surface area (Å²) in [6.45, 7) is 2.60. The number of nitrogens with one attached hydrogen (secondary N) is 2. The molecule has 0 saturated heterocycles. The average molecular weight is 281 g/mol. The van der Waals surface area contributed by atoms with Crippen LogP contribution in [0.2, 0.25) is 0 Å². The molecule has 0 atom stereocenters. The highest BCUT2D eigenvalue weighted by Gasteiger charge is 2.15. The third-order valence-electron chi connectivity index (χ3n) is 2.32. The fourth-order valence-electron chi connectivity index (χ4n) is 1.47. The van der Waals surface area contributed by atoms with Crippen molar-refractivity contribution >= 4 is 15.7 Å². The number of benzene rings is 1. The smallest absolute Gasteiger partial charge is 0.278 e. The summed E-state index contributed by atoms with van der Waals surface area (Å²) < 4.78 is 31.8. The highest BCUT2D eigenvalue weighted by atomic mass is 32.2. The molecule has 2 N–H and O–H groups in total. The van der Waals surface area contributed by atoms with Crippen LogP contribution in [0.5, 0.6) is 5.75 Å². The van der Waals surface area contributed by atoms with Crippen LogP contribution in [0, 0.1) is 0 Å². The first-order chi connectivity index (χ1) is 9.12. The molecule has 19 heavy (non-hydrogen) atoms. The topological polar surface area (TPSA) is 84.1 Å². The molecule has 0 unspecified atom stereocenters. The fourth-order valence-corrected chi connectivity index (χ4v) is 2.42. The summed E-state index contributed by atoms with van der Waals surface area (Å²) in [6.07, 6.45) is 3.46. The Morgan fingerprint density at radius 2 is 2.26 bits per heavy atom. The molecule has 2 rings (SSSR count). The van der Waals surface area contributed by atoms with E-state index >= 15 is 0 Å². The predicted molar refractivity (Wildman–Crippen MR) is 71.6 cm³/mol. The van der Waals surface area contributed by atoms with E-state index in [1.165, 1.54) is 12.5 Å². The van der Waals surface area contributed by atoms with Crippen molar-refractivity contribution in [3.63, 3.8) is 0 Å². The van der Waals surface area contributed by atoms with E-state index in [-0.39, 0.29) is 5.03 Å². The number of anilines is 1. The Hall–Kier alpha value is -2.02. The van der Waals surface area contributed by atoms with Crippen LogP contribution in [0.1, 0.15) is 13.3 Å². The standard InChI is InChI=1S/C12H15N3O3S/c1-2-6-18-11-5-3-4-10(7-11)15-19(16,17)12-8-13-9-14-12/h3-5,7-9,15H,2,6H2,1H3,(H,13,14). The van der Waals surface area contributed by atoms with Crippen LogP contribution in [-0.2, 0) is 10.0 Å². The van der Waals surface area contributed by atoms with Gasteiger partial charge in [0.15, 0.2) is 5.03 Å². The second-order valence-corrected chi connectivity index (χ2v) is 5.55. The van der Waals surface area contributed by atoms with Crippen LogP contribution >= 0.6 is 0 Å². The molecule has 0 spiro atoms. The van der Waals surface area contributed by atoms with Gasteiger partial charge in [-0.2, -0.15) is 8.42 Å². The van der Waals surface area contributed by atoms with Crippen molar-refractivity contribution in [2.24, 2.45) is 0 Å². The number of H-pyrrole nitrogens is 1. The van der Waals surface area contributed by atoms with Gasteiger partial charge >= 0.3 is 0 Å². The van der Waals surface area contributed by atoms with Gasteiger partial charge in [0, 0.05) is 6.07 Å². The molecule has 0 fully saturated rings. The Kier molecular flexibility index (Phi) is 4.06. The second kappa shape index (κ2) is 5.75. The lowest BCUT2D eigenvalue weighted by Crippen LogP contribution is -2.13. The minimum atomic E-state index is -3.63. The molecule has 1 heterocycles. The maximum absolute atomic E-state index is 12.0. The average Bonchev–Trinajstić information content (AvgIpc) is 2.91. The van der Waals surface area contributed by atoms with Gasteiger partial charge in [-0.15, -0.1) is 0 Å². The predicted octanol–water partition coefficient (Wildman–Crippen LogP) is 2.00. The SMILES string of the molecule is CCCOc1cccc(NS(=O)(=O)c2cnc[nH]2)c1. The lowest BCUT2D eigenvalue weighted by Gasteiger charge is -2.09. The van der Waals surface area contributed by atoms with E-state index in [4.69, 9.17) is 4.74 Å². The zero-order valence-electron chi connectivity index (χ0n) is 10.5. The van der Waals surface area contributed by atoms with Crippen molar-refractivity contribution in [2.75, 3.05) is 11.3 Å². The fraction of sp³-hybridized carbons (Fsp3) is 0.250. The van der Waals surface area contributed by atoms with Gasteiger partial charge in [0.1, 0.15) is 5.75 Å². The summed E-state index contributed by atoms with van der Waals surface area (Å²) in [6, 6.07) is 6.82. The van der Waals surface area contributed by atoms with E-state index in [2.05, 4.69) is 14.7 Å². The van der Waals surface area contributed by atoms with Gasteiger partial charge in [-0.25, -0.2) is 4.98 Å². The molecular formula is C12H15N3O3S. The molecule has 0 radical (unpaired) electrons. The summed E-state index contributed by atoms with van der Waals surface area (Å²) in [5.41, 5.74) is 0.447. The molecule has 102 valence electrons. The Morgan fingerprint density at radius 3 is 2.95 bits per heavy atom. The summed E-state index contributed by atoms with van der Waals surface area (Å²) in [4.78, 5) is 6.24. The largest absolute Gasteiger partial charge is 0.494 e. The molecule has 0 bridgehead atoms. The first-order valence-electron chi connectivity index (χ1n) is 5.86. The Bertz CT molecular complexity index is 623. The Morgan fingerprint density at radius 1 is 1.42 bits per heavy atom. The van der Waals surface area contributed by atoms with Gasteiger partial charge in [-0.1, -0.05) is 13.0 Å². The Balaban J connectivity index is 2.15. The molecule has 0 aliphatic rings. The van der Waals surface area contributed by atoms with Crippen molar-refractivity contribution in [1.82, 2.24) is 9.97 Å². The summed E-state index contributed by atoms with van der Waals surface area (Å²) in [5.74, 6) is 0.631.